The maximum Gasteiger partial charge on any atom is 0.314 e. The van der Waals surface area contributed by atoms with Gasteiger partial charge in [0.25, 0.3) is 0 Å². The number of rotatable bonds is 7. The summed E-state index contributed by atoms with van der Waals surface area (Å²) in [5.41, 5.74) is 3.02. The number of carbonyl (C=O) groups excluding carboxylic acids is 1. The van der Waals surface area contributed by atoms with Gasteiger partial charge in [0.2, 0.25) is 0 Å². The number of esters is 1. The van der Waals surface area contributed by atoms with Crippen LogP contribution in [0.1, 0.15) is 45.6 Å². The zero-order chi connectivity index (χ0) is 17.5. The Bertz CT molecular complexity index is 677. The lowest BCUT2D eigenvalue weighted by Gasteiger charge is -2.11. The van der Waals surface area contributed by atoms with Crippen LogP contribution in [0.25, 0.3) is 11.1 Å². The minimum absolute atomic E-state index is 0.0105. The molecule has 2 nitrogen and oxygen atoms in total. The van der Waals surface area contributed by atoms with Crippen molar-refractivity contribution in [1.82, 2.24) is 0 Å². The van der Waals surface area contributed by atoms with Gasteiger partial charge in [0.05, 0.1) is 5.92 Å². The van der Waals surface area contributed by atoms with Gasteiger partial charge in [-0.15, -0.1) is 0 Å². The molecule has 0 heterocycles. The second kappa shape index (κ2) is 8.62. The molecule has 0 aliphatic carbocycles. The highest BCUT2D eigenvalue weighted by Gasteiger charge is 2.16. The van der Waals surface area contributed by atoms with Crippen LogP contribution in [0.4, 0.5) is 4.39 Å². The second-order valence-corrected chi connectivity index (χ2v) is 6.18. The fourth-order valence-electron chi connectivity index (χ4n) is 2.38. The molecular weight excluding hydrogens is 303 g/mol. The highest BCUT2D eigenvalue weighted by atomic mass is 19.1. The van der Waals surface area contributed by atoms with E-state index >= 15 is 0 Å². The van der Waals surface area contributed by atoms with Gasteiger partial charge in [0.1, 0.15) is 0 Å². The number of aryl methyl sites for hydroxylation is 1. The normalized spacial score (nSPS) is 12.0. The Morgan fingerprint density at radius 1 is 1.08 bits per heavy atom. The molecule has 2 aromatic rings. The third-order valence-corrected chi connectivity index (χ3v) is 4.26. The summed E-state index contributed by atoms with van der Waals surface area (Å²) in [6.07, 6.45) is 4.08. The molecule has 0 radical (unpaired) electrons. The molecule has 1 unspecified atom stereocenters. The average Bonchev–Trinajstić information content (AvgIpc) is 2.61. The fraction of sp³-hybridized carbons (Fsp3) is 0.381. The van der Waals surface area contributed by atoms with E-state index in [2.05, 4.69) is 19.1 Å². The molecule has 24 heavy (non-hydrogen) atoms. The van der Waals surface area contributed by atoms with Crippen molar-refractivity contribution in [2.75, 3.05) is 0 Å². The van der Waals surface area contributed by atoms with E-state index in [0.29, 0.717) is 6.42 Å². The summed E-state index contributed by atoms with van der Waals surface area (Å²) < 4.78 is 19.4. The number of hydrogen-bond donors (Lipinski definition) is 0. The number of hydrogen-bond acceptors (Lipinski definition) is 2. The van der Waals surface area contributed by atoms with E-state index in [-0.39, 0.29) is 11.7 Å². The van der Waals surface area contributed by atoms with Gasteiger partial charge in [-0.2, -0.15) is 0 Å². The largest absolute Gasteiger partial charge is 0.423 e. The van der Waals surface area contributed by atoms with Gasteiger partial charge in [-0.25, -0.2) is 4.39 Å². The number of benzene rings is 2. The first-order valence-corrected chi connectivity index (χ1v) is 8.65. The second-order valence-electron chi connectivity index (χ2n) is 6.18. The first-order valence-electron chi connectivity index (χ1n) is 8.65. The van der Waals surface area contributed by atoms with Gasteiger partial charge in [-0.3, -0.25) is 4.79 Å². The van der Waals surface area contributed by atoms with Gasteiger partial charge in [0, 0.05) is 0 Å². The molecule has 0 aliphatic heterocycles. The maximum absolute atomic E-state index is 14.2. The Morgan fingerprint density at radius 2 is 1.75 bits per heavy atom. The molecule has 0 N–H and O–H groups in total. The molecule has 0 fully saturated rings. The fourth-order valence-corrected chi connectivity index (χ4v) is 2.38. The first kappa shape index (κ1) is 18.2. The van der Waals surface area contributed by atoms with Crippen LogP contribution in [0.5, 0.6) is 5.75 Å². The lowest BCUT2D eigenvalue weighted by Crippen LogP contribution is -2.17. The molecule has 0 spiro atoms. The molecule has 128 valence electrons. The van der Waals surface area contributed by atoms with Crippen molar-refractivity contribution in [2.45, 2.75) is 46.5 Å². The quantitative estimate of drug-likeness (QED) is 0.475. The predicted octanol–water partition coefficient (Wildman–Crippen LogP) is 5.79. The summed E-state index contributed by atoms with van der Waals surface area (Å²) in [5, 5.41) is 0. The number of ether oxygens (including phenoxy) is 1. The Hall–Kier alpha value is -2.16. The summed E-state index contributed by atoms with van der Waals surface area (Å²) in [6, 6.07) is 12.9. The van der Waals surface area contributed by atoms with Crippen LogP contribution >= 0.6 is 0 Å². The van der Waals surface area contributed by atoms with Gasteiger partial charge >= 0.3 is 5.97 Å². The van der Waals surface area contributed by atoms with E-state index in [0.717, 1.165) is 17.5 Å². The molecule has 2 rings (SSSR count). The van der Waals surface area contributed by atoms with E-state index in [1.54, 1.807) is 13.0 Å². The van der Waals surface area contributed by atoms with Crippen LogP contribution in [0.2, 0.25) is 0 Å². The van der Waals surface area contributed by atoms with Crippen molar-refractivity contribution in [3.63, 3.8) is 0 Å². The van der Waals surface area contributed by atoms with Gasteiger partial charge in [-0.05, 0) is 48.1 Å². The van der Waals surface area contributed by atoms with Crippen LogP contribution in [-0.2, 0) is 11.2 Å². The molecule has 0 saturated carbocycles. The number of carbonyl (C=O) groups is 1. The highest BCUT2D eigenvalue weighted by Crippen LogP contribution is 2.27. The molecule has 0 aliphatic rings. The standard InChI is InChI=1S/C21H25FO2/c1-4-6-7-16-8-10-17(11-9-16)18-12-13-20(19(22)14-18)24-21(23)15(3)5-2/h8-15H,4-7H2,1-3H3. The first-order chi connectivity index (χ1) is 11.5. The van der Waals surface area contributed by atoms with E-state index < -0.39 is 11.8 Å². The zero-order valence-electron chi connectivity index (χ0n) is 14.6. The van der Waals surface area contributed by atoms with E-state index in [1.807, 2.05) is 19.1 Å². The summed E-state index contributed by atoms with van der Waals surface area (Å²) in [4.78, 5) is 11.8. The van der Waals surface area contributed by atoms with Crippen molar-refractivity contribution in [3.05, 3.63) is 53.8 Å². The van der Waals surface area contributed by atoms with Gasteiger partial charge < -0.3 is 4.74 Å². The monoisotopic (exact) mass is 328 g/mol. The van der Waals surface area contributed by atoms with Crippen molar-refractivity contribution in [1.29, 1.82) is 0 Å². The molecule has 3 heteroatoms. The van der Waals surface area contributed by atoms with Crippen molar-refractivity contribution < 1.29 is 13.9 Å². The molecule has 0 saturated heterocycles. The lowest BCUT2D eigenvalue weighted by molar-refractivity contribution is -0.138. The number of halogens is 1. The molecule has 0 bridgehead atoms. The summed E-state index contributed by atoms with van der Waals surface area (Å²) in [5.74, 6) is -1.16. The lowest BCUT2D eigenvalue weighted by atomic mass is 10.0. The SMILES string of the molecule is CCCCc1ccc(-c2ccc(OC(=O)C(C)CC)c(F)c2)cc1. The molecule has 1 atom stereocenters. The maximum atomic E-state index is 14.2. The zero-order valence-corrected chi connectivity index (χ0v) is 14.6. The third-order valence-electron chi connectivity index (χ3n) is 4.26. The van der Waals surface area contributed by atoms with Crippen LogP contribution in [-0.4, -0.2) is 5.97 Å². The number of unbranched alkanes of at least 4 members (excludes halogenated alkanes) is 1. The average molecular weight is 328 g/mol. The Balaban J connectivity index is 2.12. The van der Waals surface area contributed by atoms with Gasteiger partial charge in [-0.1, -0.05) is 57.5 Å². The van der Waals surface area contributed by atoms with Crippen LogP contribution in [0.3, 0.4) is 0 Å². The topological polar surface area (TPSA) is 26.3 Å². The minimum Gasteiger partial charge on any atom is -0.423 e. The summed E-state index contributed by atoms with van der Waals surface area (Å²) in [7, 11) is 0. The predicted molar refractivity (Wildman–Crippen MR) is 95.5 cm³/mol. The van der Waals surface area contributed by atoms with E-state index in [4.69, 9.17) is 4.74 Å². The highest BCUT2D eigenvalue weighted by molar-refractivity contribution is 5.75. The molecule has 0 amide bonds. The van der Waals surface area contributed by atoms with Crippen molar-refractivity contribution in [3.8, 4) is 16.9 Å². The Kier molecular flexibility index (Phi) is 6.53. The summed E-state index contributed by atoms with van der Waals surface area (Å²) >= 11 is 0. The molecule has 0 aromatic heterocycles. The van der Waals surface area contributed by atoms with Crippen LogP contribution in [0.15, 0.2) is 42.5 Å². The Labute approximate surface area is 143 Å². The van der Waals surface area contributed by atoms with Crippen LogP contribution < -0.4 is 4.74 Å². The van der Waals surface area contributed by atoms with E-state index in [1.165, 1.54) is 30.5 Å². The van der Waals surface area contributed by atoms with Crippen LogP contribution in [0, 0.1) is 11.7 Å². The molecular formula is C21H25FO2. The third kappa shape index (κ3) is 4.67. The molecule has 2 aromatic carbocycles. The smallest absolute Gasteiger partial charge is 0.314 e. The van der Waals surface area contributed by atoms with Crippen molar-refractivity contribution in [2.24, 2.45) is 5.92 Å². The minimum atomic E-state index is -0.515. The van der Waals surface area contributed by atoms with Gasteiger partial charge in [0.15, 0.2) is 11.6 Å². The summed E-state index contributed by atoms with van der Waals surface area (Å²) in [6.45, 7) is 5.84. The van der Waals surface area contributed by atoms with E-state index in [9.17, 15) is 9.18 Å². The Morgan fingerprint density at radius 3 is 2.33 bits per heavy atom. The van der Waals surface area contributed by atoms with Crippen molar-refractivity contribution >= 4 is 5.97 Å².